The van der Waals surface area contributed by atoms with Crippen LogP contribution in [0.3, 0.4) is 0 Å². The van der Waals surface area contributed by atoms with Crippen LogP contribution in [0.2, 0.25) is 0 Å². The summed E-state index contributed by atoms with van der Waals surface area (Å²) in [5.41, 5.74) is 0. The molecular weight excluding hydrogens is 144 g/mol. The molecule has 10 heavy (non-hydrogen) atoms. The Morgan fingerprint density at radius 1 is 1.70 bits per heavy atom. The van der Waals surface area contributed by atoms with Gasteiger partial charge >= 0.3 is 0 Å². The molecular formula is C8H14OS. The average Bonchev–Trinajstić information content (AvgIpc) is 1.85. The van der Waals surface area contributed by atoms with E-state index in [9.17, 15) is 4.79 Å². The number of allylic oxidation sites excluding steroid dienone is 1. The number of carbonyl (C=O) groups is 1. The summed E-state index contributed by atoms with van der Waals surface area (Å²) < 4.78 is 0. The van der Waals surface area contributed by atoms with Crippen molar-refractivity contribution in [1.29, 1.82) is 0 Å². The van der Waals surface area contributed by atoms with Crippen LogP contribution in [0.5, 0.6) is 0 Å². The zero-order valence-corrected chi connectivity index (χ0v) is 7.41. The Morgan fingerprint density at radius 3 is 2.70 bits per heavy atom. The van der Waals surface area contributed by atoms with Gasteiger partial charge in [-0.3, -0.25) is 4.79 Å². The van der Waals surface area contributed by atoms with Crippen LogP contribution in [-0.4, -0.2) is 16.8 Å². The van der Waals surface area contributed by atoms with E-state index in [1.807, 2.05) is 0 Å². The lowest BCUT2D eigenvalue weighted by Crippen LogP contribution is -2.02. The summed E-state index contributed by atoms with van der Waals surface area (Å²) in [5.74, 6) is 0.901. The van der Waals surface area contributed by atoms with E-state index >= 15 is 0 Å². The Labute approximate surface area is 66.9 Å². The molecule has 0 aliphatic heterocycles. The van der Waals surface area contributed by atoms with Crippen LogP contribution in [0.4, 0.5) is 0 Å². The first-order valence-electron chi connectivity index (χ1n) is 3.41. The molecule has 0 unspecified atom stereocenters. The van der Waals surface area contributed by atoms with Crippen molar-refractivity contribution in [2.45, 2.75) is 25.5 Å². The third-order valence-corrected chi connectivity index (χ3v) is 2.10. The quantitative estimate of drug-likeness (QED) is 0.571. The fourth-order valence-corrected chi connectivity index (χ4v) is 1.12. The molecule has 0 aliphatic rings. The third-order valence-electron chi connectivity index (χ3n) is 0.950. The Balaban J connectivity index is 3.30. The predicted molar refractivity (Wildman–Crippen MR) is 47.4 cm³/mol. The first-order valence-corrected chi connectivity index (χ1v) is 4.46. The third kappa shape index (κ3) is 5.89. The average molecular weight is 158 g/mol. The van der Waals surface area contributed by atoms with Gasteiger partial charge in [0.1, 0.15) is 5.78 Å². The van der Waals surface area contributed by atoms with Crippen LogP contribution in [0.15, 0.2) is 12.7 Å². The molecule has 0 aromatic heterocycles. The van der Waals surface area contributed by atoms with E-state index in [4.69, 9.17) is 0 Å². The number of carbonyl (C=O) groups excluding carboxylic acids is 1. The summed E-state index contributed by atoms with van der Waals surface area (Å²) in [5, 5.41) is 0.550. The lowest BCUT2D eigenvalue weighted by molar-refractivity contribution is -0.115. The first-order chi connectivity index (χ1) is 4.66. The maximum Gasteiger partial charge on any atom is 0.146 e. The van der Waals surface area contributed by atoms with Gasteiger partial charge in [-0.2, -0.15) is 11.8 Å². The van der Waals surface area contributed by atoms with Crippen molar-refractivity contribution in [3.05, 3.63) is 12.7 Å². The van der Waals surface area contributed by atoms with Crippen LogP contribution in [0, 0.1) is 0 Å². The topological polar surface area (TPSA) is 17.1 Å². The zero-order chi connectivity index (χ0) is 7.98. The fraction of sp³-hybridized carbons (Fsp3) is 0.625. The van der Waals surface area contributed by atoms with Gasteiger partial charge in [0.2, 0.25) is 0 Å². The molecule has 0 atom stereocenters. The van der Waals surface area contributed by atoms with Crippen molar-refractivity contribution in [1.82, 2.24) is 0 Å². The Hall–Kier alpha value is -0.240. The molecule has 0 heterocycles. The highest BCUT2D eigenvalue weighted by atomic mass is 32.2. The zero-order valence-electron chi connectivity index (χ0n) is 6.59. The number of hydrogen-bond acceptors (Lipinski definition) is 2. The van der Waals surface area contributed by atoms with E-state index in [0.717, 1.165) is 0 Å². The molecule has 0 fully saturated rings. The van der Waals surface area contributed by atoms with Crippen LogP contribution >= 0.6 is 11.8 Å². The normalized spacial score (nSPS) is 9.90. The second-order valence-corrected chi connectivity index (χ2v) is 3.96. The minimum atomic E-state index is 0.272. The minimum Gasteiger partial charge on any atom is -0.298 e. The van der Waals surface area contributed by atoms with Gasteiger partial charge in [0.05, 0.1) is 5.75 Å². The standard InChI is InChI=1S/C8H14OS/c1-4-5-8(9)6-10-7(2)3/h4,7H,1,5-6H2,2-3H3. The lowest BCUT2D eigenvalue weighted by atomic mass is 10.3. The number of hydrogen-bond donors (Lipinski definition) is 0. The van der Waals surface area contributed by atoms with E-state index < -0.39 is 0 Å². The summed E-state index contributed by atoms with van der Waals surface area (Å²) in [6, 6.07) is 0. The maximum absolute atomic E-state index is 10.9. The van der Waals surface area contributed by atoms with E-state index in [2.05, 4.69) is 20.4 Å². The summed E-state index contributed by atoms with van der Waals surface area (Å²) in [6.45, 7) is 7.68. The van der Waals surface area contributed by atoms with Gasteiger partial charge in [-0.1, -0.05) is 19.9 Å². The van der Waals surface area contributed by atoms with Gasteiger partial charge in [0, 0.05) is 6.42 Å². The smallest absolute Gasteiger partial charge is 0.146 e. The fourth-order valence-electron chi connectivity index (χ4n) is 0.480. The maximum atomic E-state index is 10.9. The molecule has 0 spiro atoms. The van der Waals surface area contributed by atoms with Crippen molar-refractivity contribution in [3.8, 4) is 0 Å². The first kappa shape index (κ1) is 9.76. The Kier molecular flexibility index (Phi) is 5.40. The molecule has 2 heteroatoms. The molecule has 0 radical (unpaired) electrons. The van der Waals surface area contributed by atoms with Crippen molar-refractivity contribution >= 4 is 17.5 Å². The van der Waals surface area contributed by atoms with Gasteiger partial charge in [-0.05, 0) is 5.25 Å². The molecule has 0 amide bonds. The van der Waals surface area contributed by atoms with Crippen molar-refractivity contribution < 1.29 is 4.79 Å². The molecule has 0 aromatic rings. The highest BCUT2D eigenvalue weighted by molar-refractivity contribution is 8.00. The van der Waals surface area contributed by atoms with Gasteiger partial charge in [-0.25, -0.2) is 0 Å². The highest BCUT2D eigenvalue weighted by Crippen LogP contribution is 2.09. The summed E-state index contributed by atoms with van der Waals surface area (Å²) in [4.78, 5) is 10.9. The molecule has 0 aromatic carbocycles. The van der Waals surface area contributed by atoms with E-state index in [1.165, 1.54) is 0 Å². The molecule has 0 bridgehead atoms. The molecule has 0 aliphatic carbocycles. The minimum absolute atomic E-state index is 0.272. The van der Waals surface area contributed by atoms with Crippen molar-refractivity contribution in [3.63, 3.8) is 0 Å². The summed E-state index contributed by atoms with van der Waals surface area (Å²) in [7, 11) is 0. The number of rotatable bonds is 5. The highest BCUT2D eigenvalue weighted by Gasteiger charge is 2.00. The SMILES string of the molecule is C=CCC(=O)CSC(C)C. The van der Waals surface area contributed by atoms with Crippen LogP contribution < -0.4 is 0 Å². The van der Waals surface area contributed by atoms with E-state index in [1.54, 1.807) is 17.8 Å². The molecule has 0 N–H and O–H groups in total. The summed E-state index contributed by atoms with van der Waals surface area (Å²) in [6.07, 6.45) is 2.17. The number of ketones is 1. The van der Waals surface area contributed by atoms with Gasteiger partial charge in [0.15, 0.2) is 0 Å². The predicted octanol–water partition coefficient (Wildman–Crippen LogP) is 2.27. The van der Waals surface area contributed by atoms with E-state index in [0.29, 0.717) is 17.4 Å². The second kappa shape index (κ2) is 5.54. The Bertz CT molecular complexity index is 118. The molecule has 0 saturated heterocycles. The summed E-state index contributed by atoms with van der Waals surface area (Å²) >= 11 is 1.68. The lowest BCUT2D eigenvalue weighted by Gasteiger charge is -2.01. The largest absolute Gasteiger partial charge is 0.298 e. The second-order valence-electron chi connectivity index (χ2n) is 2.39. The van der Waals surface area contributed by atoms with Crippen molar-refractivity contribution in [2.75, 3.05) is 5.75 Å². The van der Waals surface area contributed by atoms with Crippen LogP contribution in [-0.2, 0) is 4.79 Å². The van der Waals surface area contributed by atoms with Crippen LogP contribution in [0.25, 0.3) is 0 Å². The number of Topliss-reactive ketones (excluding diaryl/α,β-unsaturated/α-hetero) is 1. The van der Waals surface area contributed by atoms with Gasteiger partial charge in [0.25, 0.3) is 0 Å². The van der Waals surface area contributed by atoms with Crippen molar-refractivity contribution in [2.24, 2.45) is 0 Å². The molecule has 1 nitrogen and oxygen atoms in total. The van der Waals surface area contributed by atoms with Crippen LogP contribution in [0.1, 0.15) is 20.3 Å². The van der Waals surface area contributed by atoms with E-state index in [-0.39, 0.29) is 5.78 Å². The van der Waals surface area contributed by atoms with Gasteiger partial charge in [-0.15, -0.1) is 6.58 Å². The number of thioether (sulfide) groups is 1. The molecule has 0 rings (SSSR count). The molecule has 58 valence electrons. The monoisotopic (exact) mass is 158 g/mol. The molecule has 0 saturated carbocycles. The van der Waals surface area contributed by atoms with Gasteiger partial charge < -0.3 is 0 Å². The Morgan fingerprint density at radius 2 is 2.30 bits per heavy atom.